The number of pyridine rings is 7. The molecule has 0 bridgehead atoms. The van der Waals surface area contributed by atoms with Gasteiger partial charge in [0, 0.05) is 185 Å². The molecule has 0 aliphatic heterocycles. The van der Waals surface area contributed by atoms with Crippen LogP contribution in [0.4, 0.5) is 17.6 Å². The third-order valence-electron chi connectivity index (χ3n) is 12.9. The Hall–Kier alpha value is -9.06. The predicted molar refractivity (Wildman–Crippen MR) is 385 cm³/mol. The van der Waals surface area contributed by atoms with E-state index in [1.54, 1.807) is 96.0 Å². The van der Waals surface area contributed by atoms with E-state index >= 15 is 0 Å². The van der Waals surface area contributed by atoms with E-state index in [1.807, 2.05) is 134 Å². The standard InChI is InChI=1S/2C13H8NS.C12H10N.2C11H6F2N.C11H8N.C6H5NO2.C5H8O2.5Ir/c2*1-2-7-12-10(5-1)9-13(15-12)11-6-3-4-8-14-11;1-10-5-7-11(8-6-10)12-4-2-3-9-13-12;2*12-8-4-5-9(10(13)7-8)11-3-1-2-6-14-11;1-2-6-10(7-3-1)11-8-4-5-9-12-11;8-6(9)5-3-1-2-4-7-5;1-4(6)3-5(2)7;;;;;/h2*1-8H;2-7,9H,1H3;2*1-4,6-7H;1-6,8-9H;1-4H,(H,8,9);3,6H,1-2H3;;;;;/q6*-1;;;;;;;. The van der Waals surface area contributed by atoms with Gasteiger partial charge in [-0.1, -0.05) is 133 Å². The van der Waals surface area contributed by atoms with Crippen LogP contribution in [0.25, 0.3) is 86.3 Å². The second kappa shape index (κ2) is 48.8. The molecule has 2 N–H and O–H groups in total. The fourth-order valence-electron chi connectivity index (χ4n) is 8.41. The summed E-state index contributed by atoms with van der Waals surface area (Å²) in [7, 11) is 0. The third kappa shape index (κ3) is 30.3. The van der Waals surface area contributed by atoms with Gasteiger partial charge < -0.3 is 40.1 Å². The fraction of sp³-hybridized carbons (Fsp3) is 0.0366. The molecular formula is C82H59F4Ir5N7O4S2-6. The zero-order valence-corrected chi connectivity index (χ0v) is 68.7. The Morgan fingerprint density at radius 2 is 0.760 bits per heavy atom. The zero-order chi connectivity index (χ0) is 70.0. The second-order valence-electron chi connectivity index (χ2n) is 20.4. The first-order chi connectivity index (χ1) is 48.2. The van der Waals surface area contributed by atoms with Crippen LogP contribution in [0.3, 0.4) is 0 Å². The maximum atomic E-state index is 13.2. The van der Waals surface area contributed by atoms with E-state index in [0.717, 1.165) is 67.9 Å². The molecule has 0 aliphatic rings. The summed E-state index contributed by atoms with van der Waals surface area (Å²) in [6.07, 6.45) is 12.9. The molecule has 0 amide bonds. The van der Waals surface area contributed by atoms with Crippen molar-refractivity contribution < 1.29 is 138 Å². The van der Waals surface area contributed by atoms with Gasteiger partial charge in [-0.25, -0.2) is 32.5 Å². The summed E-state index contributed by atoms with van der Waals surface area (Å²) >= 11 is 3.46. The minimum Gasteiger partial charge on any atom is -0.512 e. The molecule has 9 aromatic heterocycles. The second-order valence-corrected chi connectivity index (χ2v) is 22.6. The van der Waals surface area contributed by atoms with Gasteiger partial charge in [0.05, 0.1) is 5.76 Å². The zero-order valence-electron chi connectivity index (χ0n) is 55.0. The Morgan fingerprint density at radius 3 is 1.06 bits per heavy atom. The molecule has 15 rings (SSSR count). The Morgan fingerprint density at radius 1 is 0.394 bits per heavy atom. The van der Waals surface area contributed by atoms with Gasteiger partial charge in [0.1, 0.15) is 5.69 Å². The molecule has 15 aromatic rings. The quantitative estimate of drug-likeness (QED) is 0.0644. The molecule has 0 saturated heterocycles. The summed E-state index contributed by atoms with van der Waals surface area (Å²) in [5.74, 6) is -3.63. The summed E-state index contributed by atoms with van der Waals surface area (Å²) in [6.45, 7) is 4.90. The minimum absolute atomic E-state index is 0. The first-order valence-electron chi connectivity index (χ1n) is 30.2. The average Bonchev–Trinajstić information content (AvgIpc) is 1.72. The molecule has 22 heteroatoms. The number of aryl methyl sites for hydroxylation is 1. The van der Waals surface area contributed by atoms with Crippen LogP contribution in [0.2, 0.25) is 0 Å². The number of hydrogen-bond acceptors (Lipinski definition) is 12. The molecule has 0 spiro atoms. The minimum atomic E-state index is -0.990. The maximum Gasteiger partial charge on any atom is 0.354 e. The van der Waals surface area contributed by atoms with Gasteiger partial charge in [0.25, 0.3) is 0 Å². The number of benzene rings is 6. The van der Waals surface area contributed by atoms with E-state index in [2.05, 4.69) is 121 Å². The normalized spacial score (nSPS) is 9.70. The van der Waals surface area contributed by atoms with Gasteiger partial charge in [-0.15, -0.1) is 143 Å². The van der Waals surface area contributed by atoms with Crippen molar-refractivity contribution in [1.29, 1.82) is 0 Å². The summed E-state index contributed by atoms with van der Waals surface area (Å²) in [5.41, 5.74) is 8.61. The molecule has 0 atom stereocenters. The molecular weight excluding hydrogens is 2250 g/mol. The van der Waals surface area contributed by atoms with Gasteiger partial charge in [0.15, 0.2) is 5.78 Å². The van der Waals surface area contributed by atoms with Gasteiger partial charge in [-0.3, -0.25) is 22.4 Å². The van der Waals surface area contributed by atoms with Crippen LogP contribution in [-0.4, -0.2) is 56.9 Å². The van der Waals surface area contributed by atoms with Crippen LogP contribution in [0.5, 0.6) is 0 Å². The number of ketones is 1. The number of rotatable bonds is 8. The SMILES string of the molecule is CC(=O)C=C(C)O.Cc1c[c-]c(-c2ccccn2)cc1.Fc1c[c-]c(-c2ccccn2)c(F)c1.Fc1c[c-]c(-c2ccccn2)c(F)c1.O=C(O)c1ccccn1.[Ir].[Ir].[Ir].[Ir].[Ir].[c-]1c(-c2ccccn2)sc2ccccc12.[c-]1c(-c2ccccn2)sc2ccccc12.[c-]1ccccc1-c1ccccn1. The van der Waals surface area contributed by atoms with Crippen molar-refractivity contribution in [2.24, 2.45) is 0 Å². The fourth-order valence-corrected chi connectivity index (χ4v) is 10.4. The largest absolute Gasteiger partial charge is 0.512 e. The maximum absolute atomic E-state index is 13.2. The van der Waals surface area contributed by atoms with Gasteiger partial charge in [0.2, 0.25) is 0 Å². The van der Waals surface area contributed by atoms with Crippen LogP contribution < -0.4 is 0 Å². The van der Waals surface area contributed by atoms with E-state index < -0.39 is 29.2 Å². The smallest absolute Gasteiger partial charge is 0.354 e. The van der Waals surface area contributed by atoms with Crippen molar-refractivity contribution in [1.82, 2.24) is 34.9 Å². The van der Waals surface area contributed by atoms with Gasteiger partial charge in [-0.2, -0.15) is 0 Å². The number of nitrogens with zero attached hydrogens (tertiary/aromatic N) is 7. The van der Waals surface area contributed by atoms with Crippen molar-refractivity contribution in [3.63, 3.8) is 0 Å². The molecule has 0 aliphatic carbocycles. The van der Waals surface area contributed by atoms with Crippen molar-refractivity contribution in [3.8, 4) is 66.2 Å². The van der Waals surface area contributed by atoms with Crippen LogP contribution in [0.15, 0.2) is 298 Å². The van der Waals surface area contributed by atoms with E-state index in [0.29, 0.717) is 11.4 Å². The molecule has 5 radical (unpaired) electrons. The summed E-state index contributed by atoms with van der Waals surface area (Å²) < 4.78 is 54.1. The Balaban J connectivity index is 0.000000309. The number of halogens is 4. The Kier molecular flexibility index (Phi) is 41.8. The number of aromatic nitrogens is 7. The number of allylic oxidation sites excluding steroid dienone is 2. The molecule has 9 heterocycles. The molecule has 6 aromatic carbocycles. The third-order valence-corrected chi connectivity index (χ3v) is 15.1. The molecule has 104 heavy (non-hydrogen) atoms. The number of aliphatic hydroxyl groups is 1. The Labute approximate surface area is 676 Å². The van der Waals surface area contributed by atoms with Crippen LogP contribution >= 0.6 is 22.7 Å². The number of aromatic carboxylic acids is 1. The predicted octanol–water partition coefficient (Wildman–Crippen LogP) is 20.4. The number of carbonyl (C=O) groups excluding carboxylic acids is 1. The monoisotopic (exact) mass is 2310 g/mol. The number of carbonyl (C=O) groups is 2. The number of aliphatic hydroxyl groups excluding tert-OH is 1. The van der Waals surface area contributed by atoms with Crippen LogP contribution in [0, 0.1) is 66.6 Å². The summed E-state index contributed by atoms with van der Waals surface area (Å²) in [4.78, 5) is 51.0. The first-order valence-corrected chi connectivity index (χ1v) is 31.8. The molecule has 11 nitrogen and oxygen atoms in total. The van der Waals surface area contributed by atoms with E-state index in [9.17, 15) is 27.2 Å². The van der Waals surface area contributed by atoms with E-state index in [4.69, 9.17) is 10.2 Å². The van der Waals surface area contributed by atoms with Crippen LogP contribution in [0.1, 0.15) is 29.9 Å². The topological polar surface area (TPSA) is 165 Å². The molecule has 0 saturated carbocycles. The van der Waals surface area contributed by atoms with Crippen molar-refractivity contribution >= 4 is 54.6 Å². The number of fused-ring (bicyclic) bond motifs is 2. The molecule has 0 unspecified atom stereocenters. The molecule has 0 fully saturated rings. The first kappa shape index (κ1) is 89.2. The van der Waals surface area contributed by atoms with Crippen molar-refractivity contribution in [3.05, 3.63) is 369 Å². The van der Waals surface area contributed by atoms with Gasteiger partial charge >= 0.3 is 5.97 Å². The van der Waals surface area contributed by atoms with Crippen molar-refractivity contribution in [2.75, 3.05) is 0 Å². The summed E-state index contributed by atoms with van der Waals surface area (Å²) in [5, 5.41) is 19.0. The van der Waals surface area contributed by atoms with Crippen molar-refractivity contribution in [2.45, 2.75) is 20.8 Å². The molecule has 537 valence electrons. The number of carboxylic acid groups (broad SMARTS) is 1. The van der Waals surface area contributed by atoms with E-state index in [1.165, 1.54) is 57.9 Å². The van der Waals surface area contributed by atoms with Crippen LogP contribution in [-0.2, 0) is 105 Å². The summed E-state index contributed by atoms with van der Waals surface area (Å²) in [6, 6.07) is 91.0. The number of hydrogen-bond donors (Lipinski definition) is 2. The number of carboxylic acids is 1. The van der Waals surface area contributed by atoms with Gasteiger partial charge in [-0.05, 0) is 104 Å². The Bertz CT molecular complexity index is 4640. The number of thiophene rings is 2. The van der Waals surface area contributed by atoms with E-state index in [-0.39, 0.29) is 129 Å². The average molecular weight is 2310 g/mol.